The highest BCUT2D eigenvalue weighted by Gasteiger charge is 2.14. The van der Waals surface area contributed by atoms with Crippen molar-refractivity contribution < 1.29 is 8.42 Å². The maximum absolute atomic E-state index is 12.6. The Kier molecular flexibility index (Phi) is 4.43. The van der Waals surface area contributed by atoms with Crippen LogP contribution in [0.15, 0.2) is 64.4 Å². The van der Waals surface area contributed by atoms with Crippen molar-refractivity contribution >= 4 is 31.6 Å². The topological polar surface area (TPSA) is 51.4 Å². The average Bonchev–Trinajstić information content (AvgIpc) is 2.84. The first kappa shape index (κ1) is 16.7. The molecule has 4 nitrogen and oxygen atoms in total. The Morgan fingerprint density at radius 2 is 1.79 bits per heavy atom. The number of sulfonamides is 1. The van der Waals surface area contributed by atoms with Crippen molar-refractivity contribution in [3.8, 4) is 0 Å². The summed E-state index contributed by atoms with van der Waals surface area (Å²) in [6.45, 7) is 8.19. The highest BCUT2D eigenvalue weighted by atomic mass is 32.2. The van der Waals surface area contributed by atoms with Crippen molar-refractivity contribution in [2.45, 2.75) is 25.3 Å². The van der Waals surface area contributed by atoms with Gasteiger partial charge in [0.1, 0.15) is 0 Å². The van der Waals surface area contributed by atoms with E-state index in [1.165, 1.54) is 11.3 Å². The lowest BCUT2D eigenvalue weighted by atomic mass is 10.2. The summed E-state index contributed by atoms with van der Waals surface area (Å²) in [6.07, 6.45) is 1.74. The van der Waals surface area contributed by atoms with Gasteiger partial charge in [0.15, 0.2) is 0 Å². The highest BCUT2D eigenvalue weighted by molar-refractivity contribution is 7.90. The number of fused-ring (bicyclic) bond motifs is 1. The van der Waals surface area contributed by atoms with E-state index in [0.29, 0.717) is 11.3 Å². The molecule has 0 amide bonds. The fourth-order valence-corrected chi connectivity index (χ4v) is 4.76. The molecule has 0 aliphatic carbocycles. The number of benzene rings is 2. The van der Waals surface area contributed by atoms with Gasteiger partial charge in [-0.2, -0.15) is 8.42 Å². The van der Waals surface area contributed by atoms with Crippen molar-refractivity contribution in [3.05, 3.63) is 71.0 Å². The maximum atomic E-state index is 12.6. The molecule has 6 heteroatoms. The van der Waals surface area contributed by atoms with Gasteiger partial charge in [0.2, 0.25) is 4.80 Å². The number of aromatic nitrogens is 1. The largest absolute Gasteiger partial charge is 0.312 e. The number of allylic oxidation sites excluding steroid dienone is 1. The fourth-order valence-electron chi connectivity index (χ4n) is 2.42. The first-order valence-electron chi connectivity index (χ1n) is 7.49. The van der Waals surface area contributed by atoms with E-state index in [1.807, 2.05) is 36.6 Å². The van der Waals surface area contributed by atoms with Crippen molar-refractivity contribution in [3.63, 3.8) is 0 Å². The predicted octanol–water partition coefficient (Wildman–Crippen LogP) is 3.80. The van der Waals surface area contributed by atoms with Crippen molar-refractivity contribution in [2.24, 2.45) is 4.40 Å². The van der Waals surface area contributed by atoms with Gasteiger partial charge >= 0.3 is 0 Å². The lowest BCUT2D eigenvalue weighted by molar-refractivity contribution is 0.596. The number of hydrogen-bond acceptors (Lipinski definition) is 3. The minimum atomic E-state index is -3.75. The minimum absolute atomic E-state index is 0.201. The SMILES string of the molecule is C=CCn1c(=NS(=O)(=O)c2ccc(C)cc2)sc2cc(C)ccc21. The van der Waals surface area contributed by atoms with Gasteiger partial charge in [-0.05, 0) is 43.7 Å². The smallest absolute Gasteiger partial charge is 0.285 e. The minimum Gasteiger partial charge on any atom is -0.312 e. The lowest BCUT2D eigenvalue weighted by Gasteiger charge is -2.02. The monoisotopic (exact) mass is 358 g/mol. The molecule has 24 heavy (non-hydrogen) atoms. The molecule has 0 N–H and O–H groups in total. The highest BCUT2D eigenvalue weighted by Crippen LogP contribution is 2.20. The molecule has 3 aromatic rings. The predicted molar refractivity (Wildman–Crippen MR) is 98.7 cm³/mol. The van der Waals surface area contributed by atoms with Crippen LogP contribution >= 0.6 is 11.3 Å². The summed E-state index contributed by atoms with van der Waals surface area (Å²) in [6, 6.07) is 12.8. The molecule has 0 radical (unpaired) electrons. The Morgan fingerprint density at radius 1 is 1.12 bits per heavy atom. The Balaban J connectivity index is 2.23. The van der Waals surface area contributed by atoms with Crippen LogP contribution < -0.4 is 4.80 Å². The molecule has 3 rings (SSSR count). The molecular weight excluding hydrogens is 340 g/mol. The van der Waals surface area contributed by atoms with Gasteiger partial charge in [0.25, 0.3) is 10.0 Å². The molecule has 1 aromatic heterocycles. The summed E-state index contributed by atoms with van der Waals surface area (Å²) in [7, 11) is -3.75. The van der Waals surface area contributed by atoms with Gasteiger partial charge in [0, 0.05) is 6.54 Å². The molecule has 1 heterocycles. The molecular formula is C18H18N2O2S2. The van der Waals surface area contributed by atoms with Gasteiger partial charge in [-0.15, -0.1) is 11.0 Å². The summed E-state index contributed by atoms with van der Waals surface area (Å²) < 4.78 is 32.2. The van der Waals surface area contributed by atoms with E-state index in [4.69, 9.17) is 0 Å². The molecule has 2 aromatic carbocycles. The van der Waals surface area contributed by atoms with E-state index < -0.39 is 10.0 Å². The summed E-state index contributed by atoms with van der Waals surface area (Å²) >= 11 is 1.37. The molecule has 0 atom stereocenters. The lowest BCUT2D eigenvalue weighted by Crippen LogP contribution is -2.16. The molecule has 0 saturated carbocycles. The van der Waals surface area contributed by atoms with Crippen molar-refractivity contribution in [1.29, 1.82) is 0 Å². The summed E-state index contributed by atoms with van der Waals surface area (Å²) in [5.74, 6) is 0. The first-order chi connectivity index (χ1) is 11.4. The standard InChI is InChI=1S/C18H18N2O2S2/c1-4-11-20-16-10-7-14(3)12-17(16)23-18(20)19-24(21,22)15-8-5-13(2)6-9-15/h4-10,12H,1,11H2,2-3H3. The van der Waals surface area contributed by atoms with Crippen LogP contribution in [0.5, 0.6) is 0 Å². The Bertz CT molecular complexity index is 1070. The Labute approximate surface area is 145 Å². The quantitative estimate of drug-likeness (QED) is 0.666. The number of nitrogens with zero attached hydrogens (tertiary/aromatic N) is 2. The molecule has 124 valence electrons. The van der Waals surface area contributed by atoms with Gasteiger partial charge in [0.05, 0.1) is 15.1 Å². The Hall–Kier alpha value is -2.18. The maximum Gasteiger partial charge on any atom is 0.285 e. The third-order valence-corrected chi connectivity index (χ3v) is 6.10. The van der Waals surface area contributed by atoms with Crippen LogP contribution in [0.1, 0.15) is 11.1 Å². The van der Waals surface area contributed by atoms with E-state index in [-0.39, 0.29) is 4.90 Å². The van der Waals surface area contributed by atoms with E-state index >= 15 is 0 Å². The molecule has 0 aliphatic rings. The Morgan fingerprint density at radius 3 is 2.46 bits per heavy atom. The summed E-state index contributed by atoms with van der Waals surface area (Å²) in [5.41, 5.74) is 3.10. The normalized spacial score (nSPS) is 12.7. The molecule has 0 aliphatic heterocycles. The second-order valence-electron chi connectivity index (χ2n) is 5.63. The van der Waals surface area contributed by atoms with Crippen LogP contribution in [0, 0.1) is 13.8 Å². The first-order valence-corrected chi connectivity index (χ1v) is 9.75. The number of rotatable bonds is 4. The summed E-state index contributed by atoms with van der Waals surface area (Å²) in [5, 5.41) is 0. The van der Waals surface area contributed by atoms with Crippen LogP contribution in [-0.2, 0) is 16.6 Å². The zero-order valence-corrected chi connectivity index (χ0v) is 15.2. The van der Waals surface area contributed by atoms with E-state index in [9.17, 15) is 8.42 Å². The number of hydrogen-bond donors (Lipinski definition) is 0. The van der Waals surface area contributed by atoms with Crippen LogP contribution in [0.4, 0.5) is 0 Å². The number of aryl methyl sites for hydroxylation is 2. The molecule has 0 fully saturated rings. The van der Waals surface area contributed by atoms with Gasteiger partial charge in [-0.3, -0.25) is 0 Å². The van der Waals surface area contributed by atoms with E-state index in [2.05, 4.69) is 11.0 Å². The zero-order valence-electron chi connectivity index (χ0n) is 13.6. The van der Waals surface area contributed by atoms with Crippen LogP contribution in [0.2, 0.25) is 0 Å². The molecule has 0 spiro atoms. The van der Waals surface area contributed by atoms with E-state index in [1.54, 1.807) is 30.3 Å². The van der Waals surface area contributed by atoms with Gasteiger partial charge < -0.3 is 4.57 Å². The molecule has 0 saturated heterocycles. The second kappa shape index (κ2) is 6.37. The fraction of sp³-hybridized carbons (Fsp3) is 0.167. The van der Waals surface area contributed by atoms with Crippen LogP contribution in [0.25, 0.3) is 10.2 Å². The average molecular weight is 358 g/mol. The third-order valence-electron chi connectivity index (χ3n) is 3.67. The second-order valence-corrected chi connectivity index (χ2v) is 8.25. The van der Waals surface area contributed by atoms with Crippen molar-refractivity contribution in [2.75, 3.05) is 0 Å². The number of thiazole rings is 1. The third kappa shape index (κ3) is 3.20. The zero-order chi connectivity index (χ0) is 17.3. The van der Waals surface area contributed by atoms with Gasteiger partial charge in [-0.25, -0.2) is 0 Å². The summed E-state index contributed by atoms with van der Waals surface area (Å²) in [4.78, 5) is 0.656. The molecule has 0 bridgehead atoms. The van der Waals surface area contributed by atoms with Crippen molar-refractivity contribution in [1.82, 2.24) is 4.57 Å². The van der Waals surface area contributed by atoms with E-state index in [0.717, 1.165) is 21.3 Å². The van der Waals surface area contributed by atoms with Crippen LogP contribution in [0.3, 0.4) is 0 Å². The molecule has 0 unspecified atom stereocenters. The van der Waals surface area contributed by atoms with Gasteiger partial charge in [-0.1, -0.05) is 41.2 Å². The van der Waals surface area contributed by atoms with Crippen LogP contribution in [-0.4, -0.2) is 13.0 Å².